The van der Waals surface area contributed by atoms with Crippen LogP contribution in [0.25, 0.3) is 0 Å². The molecule has 5 nitrogen and oxygen atoms in total. The zero-order chi connectivity index (χ0) is 16.4. The summed E-state index contributed by atoms with van der Waals surface area (Å²) in [5.74, 6) is 0.197. The third-order valence-corrected chi connectivity index (χ3v) is 7.43. The first-order valence-corrected chi connectivity index (χ1v) is 10.5. The summed E-state index contributed by atoms with van der Waals surface area (Å²) in [5.41, 5.74) is 1.20. The number of fused-ring (bicyclic) bond motifs is 1. The first kappa shape index (κ1) is 16.5. The third kappa shape index (κ3) is 3.77. The van der Waals surface area contributed by atoms with Gasteiger partial charge in [-0.15, -0.1) is 0 Å². The molecular weight excluding hydrogens is 332 g/mol. The van der Waals surface area contributed by atoms with E-state index in [1.165, 1.54) is 17.3 Å². The molecule has 2 heterocycles. The molecule has 124 valence electrons. The molecule has 2 saturated heterocycles. The Labute approximate surface area is 141 Å². The van der Waals surface area contributed by atoms with E-state index in [1.807, 2.05) is 23.1 Å². The van der Waals surface area contributed by atoms with Gasteiger partial charge in [0.25, 0.3) is 0 Å². The Morgan fingerprint density at radius 1 is 1.30 bits per heavy atom. The van der Waals surface area contributed by atoms with Crippen molar-refractivity contribution in [2.75, 3.05) is 18.1 Å². The molecule has 1 amide bonds. The summed E-state index contributed by atoms with van der Waals surface area (Å²) in [7, 11) is -2.98. The zero-order valence-electron chi connectivity index (χ0n) is 13.0. The Morgan fingerprint density at radius 2 is 2.04 bits per heavy atom. The lowest BCUT2D eigenvalue weighted by molar-refractivity contribution is -0.117. The molecule has 2 aliphatic rings. The van der Waals surface area contributed by atoms with E-state index < -0.39 is 9.84 Å². The lowest BCUT2D eigenvalue weighted by atomic mass is 10.1. The summed E-state index contributed by atoms with van der Waals surface area (Å²) in [6, 6.07) is 10.0. The van der Waals surface area contributed by atoms with Crippen LogP contribution < -0.4 is 0 Å². The predicted molar refractivity (Wildman–Crippen MR) is 93.4 cm³/mol. The maximum atomic E-state index is 11.9. The minimum atomic E-state index is -2.98. The topological polar surface area (TPSA) is 66.8 Å². The van der Waals surface area contributed by atoms with Gasteiger partial charge >= 0.3 is 0 Å². The summed E-state index contributed by atoms with van der Waals surface area (Å²) >= 11 is 1.45. The highest BCUT2D eigenvalue weighted by molar-refractivity contribution is 8.15. The Morgan fingerprint density at radius 3 is 2.74 bits per heavy atom. The van der Waals surface area contributed by atoms with Crippen LogP contribution in [0.4, 0.5) is 0 Å². The third-order valence-electron chi connectivity index (χ3n) is 4.18. The van der Waals surface area contributed by atoms with Crippen LogP contribution in [0, 0.1) is 0 Å². The number of rotatable bonds is 4. The molecule has 2 atom stereocenters. The van der Waals surface area contributed by atoms with E-state index >= 15 is 0 Å². The molecule has 0 unspecified atom stereocenters. The van der Waals surface area contributed by atoms with Gasteiger partial charge in [0.05, 0.1) is 17.5 Å². The molecule has 0 saturated carbocycles. The van der Waals surface area contributed by atoms with Crippen LogP contribution in [0.15, 0.2) is 35.3 Å². The molecule has 7 heteroatoms. The number of carbonyl (C=O) groups excluding carboxylic acids is 1. The van der Waals surface area contributed by atoms with Gasteiger partial charge < -0.3 is 4.90 Å². The van der Waals surface area contributed by atoms with Gasteiger partial charge in [-0.25, -0.2) is 8.42 Å². The van der Waals surface area contributed by atoms with Crippen molar-refractivity contribution in [3.05, 3.63) is 35.9 Å². The molecule has 0 aromatic heterocycles. The van der Waals surface area contributed by atoms with Crippen LogP contribution >= 0.6 is 11.8 Å². The zero-order valence-corrected chi connectivity index (χ0v) is 14.6. The summed E-state index contributed by atoms with van der Waals surface area (Å²) < 4.78 is 23.8. The molecule has 1 aromatic carbocycles. The molecule has 0 radical (unpaired) electrons. The quantitative estimate of drug-likeness (QED) is 0.826. The van der Waals surface area contributed by atoms with E-state index in [2.05, 4.69) is 17.1 Å². The lowest BCUT2D eigenvalue weighted by Gasteiger charge is -2.24. The number of carbonyl (C=O) groups is 1. The Balaban J connectivity index is 1.79. The second kappa shape index (κ2) is 6.65. The van der Waals surface area contributed by atoms with E-state index in [0.29, 0.717) is 18.1 Å². The maximum absolute atomic E-state index is 11.9. The van der Waals surface area contributed by atoms with Crippen LogP contribution in [0.3, 0.4) is 0 Å². The molecule has 0 N–H and O–H groups in total. The summed E-state index contributed by atoms with van der Waals surface area (Å²) in [4.78, 5) is 17.9. The van der Waals surface area contributed by atoms with Crippen LogP contribution in [0.2, 0.25) is 0 Å². The van der Waals surface area contributed by atoms with E-state index in [1.54, 1.807) is 6.92 Å². The van der Waals surface area contributed by atoms with Crippen LogP contribution in [0.5, 0.6) is 0 Å². The highest BCUT2D eigenvalue weighted by Crippen LogP contribution is 2.38. The fraction of sp³-hybridized carbons (Fsp3) is 0.500. The monoisotopic (exact) mass is 352 g/mol. The van der Waals surface area contributed by atoms with Crippen molar-refractivity contribution in [3.8, 4) is 0 Å². The van der Waals surface area contributed by atoms with Crippen molar-refractivity contribution in [2.45, 2.75) is 31.1 Å². The number of aliphatic imine (C=N–C) groups is 1. The predicted octanol–water partition coefficient (Wildman–Crippen LogP) is 1.74. The summed E-state index contributed by atoms with van der Waals surface area (Å²) in [6.07, 6.45) is 1.17. The molecule has 23 heavy (non-hydrogen) atoms. The van der Waals surface area contributed by atoms with Gasteiger partial charge in [-0.1, -0.05) is 49.0 Å². The van der Waals surface area contributed by atoms with E-state index in [9.17, 15) is 13.2 Å². The van der Waals surface area contributed by atoms with Gasteiger partial charge in [-0.05, 0) is 12.0 Å². The first-order chi connectivity index (χ1) is 11.0. The minimum absolute atomic E-state index is 0.000760. The fourth-order valence-electron chi connectivity index (χ4n) is 2.98. The first-order valence-electron chi connectivity index (χ1n) is 7.77. The molecule has 1 aromatic rings. The lowest BCUT2D eigenvalue weighted by Crippen LogP contribution is -2.39. The van der Waals surface area contributed by atoms with Crippen molar-refractivity contribution in [1.82, 2.24) is 4.90 Å². The van der Waals surface area contributed by atoms with Gasteiger partial charge in [0.2, 0.25) is 5.91 Å². The molecule has 0 bridgehead atoms. The molecule has 2 fully saturated rings. The maximum Gasteiger partial charge on any atom is 0.247 e. The summed E-state index contributed by atoms with van der Waals surface area (Å²) in [5, 5.41) is 0.692. The van der Waals surface area contributed by atoms with Crippen molar-refractivity contribution in [3.63, 3.8) is 0 Å². The van der Waals surface area contributed by atoms with Gasteiger partial charge in [-0.2, -0.15) is 4.99 Å². The van der Waals surface area contributed by atoms with Crippen molar-refractivity contribution in [2.24, 2.45) is 4.99 Å². The number of thioether (sulfide) groups is 1. The minimum Gasteiger partial charge on any atom is -0.346 e. The molecule has 2 aliphatic heterocycles. The molecule has 0 spiro atoms. The number of amides is 1. The van der Waals surface area contributed by atoms with Gasteiger partial charge in [0, 0.05) is 18.2 Å². The number of amidine groups is 1. The van der Waals surface area contributed by atoms with E-state index in [-0.39, 0.29) is 28.7 Å². The molecule has 0 aliphatic carbocycles. The summed E-state index contributed by atoms with van der Waals surface area (Å²) in [6.45, 7) is 2.47. The normalized spacial score (nSPS) is 27.3. The van der Waals surface area contributed by atoms with Gasteiger partial charge in [-0.3, -0.25) is 4.79 Å². The number of nitrogens with zero attached hydrogens (tertiary/aromatic N) is 2. The largest absolute Gasteiger partial charge is 0.346 e. The second-order valence-electron chi connectivity index (χ2n) is 5.87. The van der Waals surface area contributed by atoms with E-state index in [4.69, 9.17) is 0 Å². The van der Waals surface area contributed by atoms with Crippen LogP contribution in [0.1, 0.15) is 18.9 Å². The highest BCUT2D eigenvalue weighted by Gasteiger charge is 2.48. The molecule has 3 rings (SSSR count). The Bertz CT molecular complexity index is 716. The average Bonchev–Trinajstić information content (AvgIpc) is 2.97. The number of sulfone groups is 1. The average molecular weight is 352 g/mol. The Kier molecular flexibility index (Phi) is 4.77. The standard InChI is InChI=1S/C16H20N2O3S2/c1-2-15(19)17-16-18(9-8-12-6-4-3-5-7-12)13-10-23(20,21)11-14(13)22-16/h3-7,13-14H,2,8-11H2,1H3/t13-,14+/m0/s1. The SMILES string of the molecule is CCC(=O)N=C1S[C@@H]2CS(=O)(=O)C[C@@H]2N1CCc1ccccc1. The van der Waals surface area contributed by atoms with Crippen LogP contribution in [-0.2, 0) is 21.1 Å². The number of hydrogen-bond donors (Lipinski definition) is 0. The van der Waals surface area contributed by atoms with Crippen molar-refractivity contribution in [1.29, 1.82) is 0 Å². The van der Waals surface area contributed by atoms with Crippen molar-refractivity contribution < 1.29 is 13.2 Å². The van der Waals surface area contributed by atoms with Crippen LogP contribution in [-0.4, -0.2) is 53.7 Å². The van der Waals surface area contributed by atoms with Gasteiger partial charge in [0.1, 0.15) is 0 Å². The van der Waals surface area contributed by atoms with Gasteiger partial charge in [0.15, 0.2) is 15.0 Å². The number of hydrogen-bond acceptors (Lipinski definition) is 4. The highest BCUT2D eigenvalue weighted by atomic mass is 32.2. The smallest absolute Gasteiger partial charge is 0.247 e. The molecular formula is C16H20N2O3S2. The second-order valence-corrected chi connectivity index (χ2v) is 9.23. The Hall–Kier alpha value is -1.34. The van der Waals surface area contributed by atoms with Crippen molar-refractivity contribution >= 4 is 32.7 Å². The van der Waals surface area contributed by atoms with E-state index in [0.717, 1.165) is 6.42 Å². The fourth-order valence-corrected chi connectivity index (χ4v) is 6.97. The number of benzene rings is 1.